The van der Waals surface area contributed by atoms with E-state index in [1.165, 1.54) is 6.92 Å². The minimum Gasteiger partial charge on any atom is -0.356 e. The van der Waals surface area contributed by atoms with Crippen molar-refractivity contribution in [3.8, 4) is 0 Å². The van der Waals surface area contributed by atoms with Gasteiger partial charge in [-0.25, -0.2) is 0 Å². The lowest BCUT2D eigenvalue weighted by Gasteiger charge is -2.09. The Morgan fingerprint density at radius 2 is 2.64 bits per heavy atom. The molecule has 1 amide bonds. The van der Waals surface area contributed by atoms with E-state index < -0.39 is 0 Å². The number of hydrogen-bond acceptors (Lipinski definition) is 3. The average Bonchev–Trinajstić information content (AvgIpc) is 2.31. The molecule has 1 rings (SSSR count). The molecule has 1 aliphatic heterocycles. The second-order valence-corrected chi connectivity index (χ2v) is 2.80. The van der Waals surface area contributed by atoms with Crippen LogP contribution in [-0.2, 0) is 4.79 Å². The van der Waals surface area contributed by atoms with E-state index in [2.05, 4.69) is 10.4 Å². The van der Waals surface area contributed by atoms with Crippen LogP contribution in [0, 0.1) is 5.92 Å². The van der Waals surface area contributed by atoms with Gasteiger partial charge in [0.1, 0.15) is 0 Å². The lowest BCUT2D eigenvalue weighted by molar-refractivity contribution is -0.119. The molecule has 1 N–H and O–H groups in total. The molecule has 0 bridgehead atoms. The molecule has 1 atom stereocenters. The first-order chi connectivity index (χ1) is 5.18. The number of carbonyl (C=O) groups is 1. The summed E-state index contributed by atoms with van der Waals surface area (Å²) in [6.07, 6.45) is 1.87. The number of hydrazone groups is 1. The third-order valence-corrected chi connectivity index (χ3v) is 1.59. The van der Waals surface area contributed by atoms with E-state index >= 15 is 0 Å². The molecule has 0 radical (unpaired) electrons. The van der Waals surface area contributed by atoms with E-state index in [0.717, 1.165) is 6.54 Å². The molecule has 1 unspecified atom stereocenters. The summed E-state index contributed by atoms with van der Waals surface area (Å²) >= 11 is 0. The second-order valence-electron chi connectivity index (χ2n) is 2.80. The summed E-state index contributed by atoms with van der Waals surface area (Å²) in [7, 11) is 1.92. The van der Waals surface area contributed by atoms with Crippen LogP contribution in [0.25, 0.3) is 0 Å². The van der Waals surface area contributed by atoms with Gasteiger partial charge in [0, 0.05) is 39.2 Å². The van der Waals surface area contributed by atoms with Gasteiger partial charge in [-0.2, -0.15) is 5.10 Å². The smallest absolute Gasteiger partial charge is 0.216 e. The standard InChI is InChI=1S/C7H13N3O/c1-6(11)8-3-7-4-9-10(2)5-7/h4,7H,3,5H2,1-2H3,(H,8,11). The zero-order valence-electron chi connectivity index (χ0n) is 6.87. The Morgan fingerprint density at radius 1 is 1.91 bits per heavy atom. The molecule has 4 nitrogen and oxygen atoms in total. The normalized spacial score (nSPS) is 22.4. The van der Waals surface area contributed by atoms with E-state index in [1.807, 2.05) is 18.3 Å². The van der Waals surface area contributed by atoms with Crippen LogP contribution in [0.1, 0.15) is 6.92 Å². The molecule has 0 aromatic heterocycles. The van der Waals surface area contributed by atoms with Crippen LogP contribution in [0.2, 0.25) is 0 Å². The SMILES string of the molecule is CC(=O)NCC1C=NN(C)C1. The summed E-state index contributed by atoms with van der Waals surface area (Å²) < 4.78 is 0. The van der Waals surface area contributed by atoms with E-state index in [0.29, 0.717) is 12.5 Å². The largest absolute Gasteiger partial charge is 0.356 e. The monoisotopic (exact) mass is 155 g/mol. The fourth-order valence-corrected chi connectivity index (χ4v) is 1.03. The number of nitrogens with zero attached hydrogens (tertiary/aromatic N) is 2. The molecule has 1 aliphatic rings. The molecular weight excluding hydrogens is 142 g/mol. The summed E-state index contributed by atoms with van der Waals surface area (Å²) in [4.78, 5) is 10.5. The van der Waals surface area contributed by atoms with Gasteiger partial charge in [-0.15, -0.1) is 0 Å². The number of hydrogen-bond donors (Lipinski definition) is 1. The Hall–Kier alpha value is -1.06. The maximum Gasteiger partial charge on any atom is 0.216 e. The Balaban J connectivity index is 2.19. The molecule has 1 heterocycles. The van der Waals surface area contributed by atoms with Crippen molar-refractivity contribution in [2.75, 3.05) is 20.1 Å². The maximum atomic E-state index is 10.5. The highest BCUT2D eigenvalue weighted by atomic mass is 16.1. The van der Waals surface area contributed by atoms with Crippen LogP contribution < -0.4 is 5.32 Å². The Morgan fingerprint density at radius 3 is 3.09 bits per heavy atom. The summed E-state index contributed by atoms with van der Waals surface area (Å²) in [5.41, 5.74) is 0. The van der Waals surface area contributed by atoms with Crippen LogP contribution in [-0.4, -0.2) is 37.3 Å². The van der Waals surface area contributed by atoms with E-state index in [-0.39, 0.29) is 5.91 Å². The Labute approximate surface area is 66.3 Å². The summed E-state index contributed by atoms with van der Waals surface area (Å²) in [5.74, 6) is 0.400. The van der Waals surface area contributed by atoms with Gasteiger partial charge in [-0.05, 0) is 0 Å². The van der Waals surface area contributed by atoms with E-state index in [4.69, 9.17) is 0 Å². The van der Waals surface area contributed by atoms with Gasteiger partial charge in [-0.1, -0.05) is 0 Å². The molecule has 0 spiro atoms. The van der Waals surface area contributed by atoms with Crippen molar-refractivity contribution in [2.24, 2.45) is 11.0 Å². The predicted octanol–water partition coefficient (Wildman–Crippen LogP) is -0.330. The zero-order valence-corrected chi connectivity index (χ0v) is 6.87. The molecule has 0 aliphatic carbocycles. The van der Waals surface area contributed by atoms with Gasteiger partial charge >= 0.3 is 0 Å². The molecule has 0 fully saturated rings. The Kier molecular flexibility index (Phi) is 2.46. The van der Waals surface area contributed by atoms with Crippen molar-refractivity contribution in [3.63, 3.8) is 0 Å². The summed E-state index contributed by atoms with van der Waals surface area (Å²) in [6, 6.07) is 0. The van der Waals surface area contributed by atoms with Gasteiger partial charge in [0.25, 0.3) is 0 Å². The van der Waals surface area contributed by atoms with Crippen molar-refractivity contribution in [1.29, 1.82) is 0 Å². The second kappa shape index (κ2) is 3.37. The fraction of sp³-hybridized carbons (Fsp3) is 0.714. The summed E-state index contributed by atoms with van der Waals surface area (Å²) in [5, 5.41) is 8.67. The van der Waals surface area contributed by atoms with Crippen LogP contribution >= 0.6 is 0 Å². The molecule has 4 heteroatoms. The first kappa shape index (κ1) is 8.04. The van der Waals surface area contributed by atoms with Crippen LogP contribution in [0.15, 0.2) is 5.10 Å². The average molecular weight is 155 g/mol. The lowest BCUT2D eigenvalue weighted by Crippen LogP contribution is -2.29. The molecule has 0 aromatic carbocycles. The minimum absolute atomic E-state index is 0.0213. The topological polar surface area (TPSA) is 44.7 Å². The molecule has 11 heavy (non-hydrogen) atoms. The molecule has 0 saturated carbocycles. The van der Waals surface area contributed by atoms with Gasteiger partial charge < -0.3 is 5.32 Å². The van der Waals surface area contributed by atoms with Crippen molar-refractivity contribution in [1.82, 2.24) is 10.3 Å². The fourth-order valence-electron chi connectivity index (χ4n) is 1.03. The zero-order chi connectivity index (χ0) is 8.27. The summed E-state index contributed by atoms with van der Waals surface area (Å²) in [6.45, 7) is 3.12. The van der Waals surface area contributed by atoms with E-state index in [9.17, 15) is 4.79 Å². The lowest BCUT2D eigenvalue weighted by atomic mass is 10.2. The molecule has 0 aromatic rings. The van der Waals surface area contributed by atoms with Gasteiger partial charge in [0.15, 0.2) is 0 Å². The van der Waals surface area contributed by atoms with Crippen LogP contribution in [0.4, 0.5) is 0 Å². The number of carbonyl (C=O) groups excluding carboxylic acids is 1. The predicted molar refractivity (Wildman–Crippen MR) is 43.3 cm³/mol. The van der Waals surface area contributed by atoms with Crippen molar-refractivity contribution >= 4 is 12.1 Å². The van der Waals surface area contributed by atoms with Crippen molar-refractivity contribution in [2.45, 2.75) is 6.92 Å². The Bertz CT molecular complexity index is 179. The number of nitrogens with one attached hydrogen (secondary N) is 1. The minimum atomic E-state index is 0.0213. The highest BCUT2D eigenvalue weighted by molar-refractivity contribution is 5.73. The highest BCUT2D eigenvalue weighted by Gasteiger charge is 2.13. The van der Waals surface area contributed by atoms with Gasteiger partial charge in [0.2, 0.25) is 5.91 Å². The van der Waals surface area contributed by atoms with Crippen LogP contribution in [0.3, 0.4) is 0 Å². The van der Waals surface area contributed by atoms with Gasteiger partial charge in [0.05, 0.1) is 0 Å². The molecule has 62 valence electrons. The third kappa shape index (κ3) is 2.57. The third-order valence-electron chi connectivity index (χ3n) is 1.59. The maximum absolute atomic E-state index is 10.5. The van der Waals surface area contributed by atoms with Crippen molar-refractivity contribution in [3.05, 3.63) is 0 Å². The first-order valence-corrected chi connectivity index (χ1v) is 3.68. The van der Waals surface area contributed by atoms with Crippen LogP contribution in [0.5, 0.6) is 0 Å². The number of amides is 1. The van der Waals surface area contributed by atoms with Gasteiger partial charge in [-0.3, -0.25) is 9.80 Å². The quantitative estimate of drug-likeness (QED) is 0.593. The first-order valence-electron chi connectivity index (χ1n) is 3.68. The highest BCUT2D eigenvalue weighted by Crippen LogP contribution is 2.02. The molecular formula is C7H13N3O. The molecule has 0 saturated heterocycles. The van der Waals surface area contributed by atoms with Crippen molar-refractivity contribution < 1.29 is 4.79 Å². The number of rotatable bonds is 2. The van der Waals surface area contributed by atoms with E-state index in [1.54, 1.807) is 0 Å².